The molecule has 19 heteroatoms. The molecule has 97 heavy (non-hydrogen) atoms. The van der Waals surface area contributed by atoms with Crippen molar-refractivity contribution in [1.82, 2.24) is 5.32 Å². The van der Waals surface area contributed by atoms with Crippen molar-refractivity contribution in [2.45, 2.75) is 375 Å². The van der Waals surface area contributed by atoms with E-state index < -0.39 is 124 Å². The van der Waals surface area contributed by atoms with Crippen LogP contribution >= 0.6 is 0 Å². The molecule has 0 aromatic rings. The van der Waals surface area contributed by atoms with E-state index >= 15 is 0 Å². The summed E-state index contributed by atoms with van der Waals surface area (Å²) in [5, 5.41) is 121. The molecule has 3 rings (SSSR count). The molecule has 0 aromatic heterocycles. The van der Waals surface area contributed by atoms with E-state index in [2.05, 4.69) is 104 Å². The number of hydrogen-bond acceptors (Lipinski definition) is 18. The summed E-state index contributed by atoms with van der Waals surface area (Å²) >= 11 is 0. The number of aliphatic hydroxyl groups excluding tert-OH is 11. The molecule has 1 amide bonds. The zero-order valence-corrected chi connectivity index (χ0v) is 59.8. The first-order valence-electron chi connectivity index (χ1n) is 38.3. The van der Waals surface area contributed by atoms with Gasteiger partial charge in [0, 0.05) is 6.42 Å². The van der Waals surface area contributed by atoms with Crippen molar-refractivity contribution in [1.29, 1.82) is 0 Å². The van der Waals surface area contributed by atoms with Crippen LogP contribution in [0.1, 0.15) is 271 Å². The molecular formula is C78H137NO18. The van der Waals surface area contributed by atoms with Gasteiger partial charge in [-0.2, -0.15) is 0 Å². The average Bonchev–Trinajstić information content (AvgIpc) is 0.790. The Morgan fingerprint density at radius 1 is 0.381 bits per heavy atom. The van der Waals surface area contributed by atoms with Crippen molar-refractivity contribution in [3.63, 3.8) is 0 Å². The van der Waals surface area contributed by atoms with Crippen LogP contribution in [0.4, 0.5) is 0 Å². The number of unbranched alkanes of at least 4 members (excludes halogenated alkanes) is 29. The Kier molecular flexibility index (Phi) is 53.2. The highest BCUT2D eigenvalue weighted by Crippen LogP contribution is 2.33. The van der Waals surface area contributed by atoms with Crippen LogP contribution in [0.25, 0.3) is 0 Å². The fourth-order valence-corrected chi connectivity index (χ4v) is 12.6. The minimum atomic E-state index is -1.97. The molecule has 3 fully saturated rings. The minimum Gasteiger partial charge on any atom is -0.394 e. The second kappa shape index (κ2) is 58.5. The molecule has 0 saturated carbocycles. The maximum absolute atomic E-state index is 13.4. The Bertz CT molecular complexity index is 2080. The molecule has 3 heterocycles. The fourth-order valence-electron chi connectivity index (χ4n) is 12.6. The van der Waals surface area contributed by atoms with Crippen LogP contribution in [-0.2, 0) is 33.2 Å². The number of nitrogens with one attached hydrogen (secondary N) is 1. The lowest BCUT2D eigenvalue weighted by Gasteiger charge is -2.48. The Morgan fingerprint density at radius 3 is 1.11 bits per heavy atom. The van der Waals surface area contributed by atoms with E-state index in [-0.39, 0.29) is 18.9 Å². The Morgan fingerprint density at radius 2 is 0.711 bits per heavy atom. The highest BCUT2D eigenvalue weighted by atomic mass is 16.8. The quantitative estimate of drug-likeness (QED) is 0.0199. The molecular weight excluding hydrogens is 1240 g/mol. The van der Waals surface area contributed by atoms with Crippen molar-refractivity contribution in [3.05, 3.63) is 85.1 Å². The Hall–Kier alpha value is -3.03. The number of amides is 1. The van der Waals surface area contributed by atoms with Crippen LogP contribution in [0.15, 0.2) is 85.1 Å². The number of aliphatic hydroxyl groups is 11. The summed E-state index contributed by atoms with van der Waals surface area (Å²) in [6.45, 7) is 1.67. The monoisotopic (exact) mass is 1380 g/mol. The van der Waals surface area contributed by atoms with Gasteiger partial charge < -0.3 is 89.9 Å². The second-order valence-corrected chi connectivity index (χ2v) is 27.1. The summed E-state index contributed by atoms with van der Waals surface area (Å²) in [4.78, 5) is 13.4. The van der Waals surface area contributed by atoms with E-state index in [0.29, 0.717) is 12.8 Å². The van der Waals surface area contributed by atoms with Crippen molar-refractivity contribution >= 4 is 5.91 Å². The van der Waals surface area contributed by atoms with Crippen LogP contribution in [0.2, 0.25) is 0 Å². The zero-order valence-electron chi connectivity index (χ0n) is 59.8. The molecule has 562 valence electrons. The number of allylic oxidation sites excluding steroid dienone is 14. The standard InChI is InChI=1S/C78H137NO18/c1-3-5-7-9-11-13-15-16-17-18-19-20-21-22-23-24-25-26-27-28-29-30-31-32-33-34-35-36-37-38-39-40-41-42-43-44-46-48-50-52-54-56-66(84)79-61(62(83)55-53-51-49-47-45-14-12-10-8-6-4-2)60-92-76-72(90)69(87)74(64(58-81)94-76)97-78-73(91)70(88)75(65(59-82)95-78)96-77-71(89)68(86)67(85)63(57-80)93-77/h5,7,11,13,16-17,19-20,22-23,25-26,28-29,61-65,67-78,80-83,85-91H,3-4,6,8-10,12,14-15,18,21,24,27,30-60H2,1-2H3,(H,79,84)/b7-5-,13-11-,17-16-,20-19-,23-22-,26-25-,29-28-. The molecule has 3 saturated heterocycles. The zero-order chi connectivity index (χ0) is 70.4. The lowest BCUT2D eigenvalue weighted by atomic mass is 9.96. The van der Waals surface area contributed by atoms with Crippen LogP contribution in [0.5, 0.6) is 0 Å². The van der Waals surface area contributed by atoms with E-state index in [1.807, 2.05) is 0 Å². The maximum Gasteiger partial charge on any atom is 0.220 e. The average molecular weight is 1380 g/mol. The van der Waals surface area contributed by atoms with Gasteiger partial charge in [0.15, 0.2) is 18.9 Å². The Labute approximate surface area is 584 Å². The first-order chi connectivity index (χ1) is 47.3. The molecule has 3 aliphatic heterocycles. The molecule has 0 aromatic carbocycles. The number of carbonyl (C=O) groups excluding carboxylic acids is 1. The summed E-state index contributed by atoms with van der Waals surface area (Å²) in [5.41, 5.74) is 0. The van der Waals surface area contributed by atoms with Crippen LogP contribution < -0.4 is 5.32 Å². The third-order valence-corrected chi connectivity index (χ3v) is 18.7. The Balaban J connectivity index is 1.27. The smallest absolute Gasteiger partial charge is 0.220 e. The molecule has 12 N–H and O–H groups in total. The van der Waals surface area contributed by atoms with Crippen molar-refractivity contribution in [3.8, 4) is 0 Å². The molecule has 17 atom stereocenters. The summed E-state index contributed by atoms with van der Waals surface area (Å²) in [7, 11) is 0. The minimum absolute atomic E-state index is 0.243. The summed E-state index contributed by atoms with van der Waals surface area (Å²) < 4.78 is 34.4. The van der Waals surface area contributed by atoms with Gasteiger partial charge in [0.1, 0.15) is 73.2 Å². The first kappa shape index (κ1) is 88.2. The molecule has 0 bridgehead atoms. The SMILES string of the molecule is CC/C=C\C/C=C\C/C=C\C/C=C\C/C=C\C/C=C\C/C=C\CCCCCCCCCCCCCCCCCCCCCC(=O)NC(COC1OC(CO)C(OC2OC(CO)C(OC3OC(CO)C(O)C(O)C3O)C(O)C2O)C(O)C1O)C(O)CCCCCCCCCCCCC. The maximum atomic E-state index is 13.4. The van der Waals surface area contributed by atoms with Gasteiger partial charge >= 0.3 is 0 Å². The number of carbonyl (C=O) groups is 1. The van der Waals surface area contributed by atoms with E-state index in [0.717, 1.165) is 89.9 Å². The van der Waals surface area contributed by atoms with Gasteiger partial charge in [0.25, 0.3) is 0 Å². The summed E-state index contributed by atoms with van der Waals surface area (Å²) in [6, 6.07) is -0.888. The predicted octanol–water partition coefficient (Wildman–Crippen LogP) is 11.8. The van der Waals surface area contributed by atoms with Gasteiger partial charge in [-0.25, -0.2) is 0 Å². The molecule has 17 unspecified atom stereocenters. The second-order valence-electron chi connectivity index (χ2n) is 27.1. The molecule has 0 spiro atoms. The molecule has 0 aliphatic carbocycles. The number of rotatable bonds is 59. The van der Waals surface area contributed by atoms with Gasteiger partial charge in [0.05, 0.1) is 38.6 Å². The van der Waals surface area contributed by atoms with E-state index in [9.17, 15) is 61.0 Å². The third-order valence-electron chi connectivity index (χ3n) is 18.7. The highest BCUT2D eigenvalue weighted by molar-refractivity contribution is 5.76. The largest absolute Gasteiger partial charge is 0.394 e. The van der Waals surface area contributed by atoms with Crippen molar-refractivity contribution in [2.75, 3.05) is 26.4 Å². The topological polar surface area (TPSA) is 307 Å². The van der Waals surface area contributed by atoms with Crippen LogP contribution in [-0.4, -0.2) is 193 Å². The van der Waals surface area contributed by atoms with Gasteiger partial charge in [-0.05, 0) is 70.6 Å². The van der Waals surface area contributed by atoms with Gasteiger partial charge in [0.2, 0.25) is 5.91 Å². The molecule has 3 aliphatic rings. The lowest BCUT2D eigenvalue weighted by Crippen LogP contribution is -2.66. The van der Waals surface area contributed by atoms with E-state index in [1.54, 1.807) is 0 Å². The van der Waals surface area contributed by atoms with Crippen molar-refractivity contribution in [2.24, 2.45) is 0 Å². The lowest BCUT2D eigenvalue weighted by molar-refractivity contribution is -0.379. The molecule has 0 radical (unpaired) electrons. The summed E-state index contributed by atoms with van der Waals surface area (Å²) in [6.07, 6.45) is 49.9. The van der Waals surface area contributed by atoms with Crippen LogP contribution in [0, 0.1) is 0 Å². The number of hydrogen-bond donors (Lipinski definition) is 12. The number of ether oxygens (including phenoxy) is 6. The van der Waals surface area contributed by atoms with Crippen LogP contribution in [0.3, 0.4) is 0 Å². The fraction of sp³-hybridized carbons (Fsp3) is 0.808. The summed E-state index contributed by atoms with van der Waals surface area (Å²) in [5.74, 6) is -0.243. The predicted molar refractivity (Wildman–Crippen MR) is 383 cm³/mol. The normalized spacial score (nSPS) is 27.4. The van der Waals surface area contributed by atoms with E-state index in [4.69, 9.17) is 28.4 Å². The highest BCUT2D eigenvalue weighted by Gasteiger charge is 2.53. The van der Waals surface area contributed by atoms with E-state index in [1.165, 1.54) is 148 Å². The third kappa shape index (κ3) is 39.3. The van der Waals surface area contributed by atoms with Gasteiger partial charge in [-0.15, -0.1) is 0 Å². The van der Waals surface area contributed by atoms with Gasteiger partial charge in [-0.3, -0.25) is 4.79 Å². The molecule has 19 nitrogen and oxygen atoms in total. The van der Waals surface area contributed by atoms with Gasteiger partial charge in [-0.1, -0.05) is 279 Å². The van der Waals surface area contributed by atoms with Crippen molar-refractivity contribution < 1.29 is 89.4 Å². The first-order valence-corrected chi connectivity index (χ1v) is 38.3.